The van der Waals surface area contributed by atoms with Gasteiger partial charge in [0.05, 0.1) is 5.39 Å². The molecule has 1 aliphatic carbocycles. The molecule has 3 nitrogen and oxygen atoms in total. The Morgan fingerprint density at radius 2 is 1.86 bits per heavy atom. The number of halogens is 1. The lowest BCUT2D eigenvalue weighted by atomic mass is 9.94. The number of hydrogen-bond acceptors (Lipinski definition) is 3. The number of aromatic nitrogens is 1. The van der Waals surface area contributed by atoms with Crippen LogP contribution in [0.1, 0.15) is 24.1 Å². The second-order valence-electron chi connectivity index (χ2n) is 5.49. The number of furan rings is 1. The molecule has 0 amide bonds. The van der Waals surface area contributed by atoms with E-state index in [0.29, 0.717) is 10.7 Å². The van der Waals surface area contributed by atoms with Crippen LogP contribution in [0.25, 0.3) is 22.4 Å². The molecular formula is C17H15ClN2O. The van der Waals surface area contributed by atoms with E-state index in [1.807, 2.05) is 30.3 Å². The second kappa shape index (κ2) is 4.78. The first-order chi connectivity index (χ1) is 10.2. The van der Waals surface area contributed by atoms with Gasteiger partial charge in [-0.1, -0.05) is 11.6 Å². The number of nitrogens with two attached hydrogens (primary N) is 1. The zero-order chi connectivity index (χ0) is 14.4. The number of nitrogens with zero attached hydrogens (tertiary/aromatic N) is 1. The molecule has 4 rings (SSSR count). The molecule has 0 fully saturated rings. The average molecular weight is 299 g/mol. The van der Waals surface area contributed by atoms with Crippen molar-refractivity contribution in [3.05, 3.63) is 46.6 Å². The number of fused-ring (bicyclic) bond motifs is 2. The van der Waals surface area contributed by atoms with Crippen LogP contribution >= 0.6 is 11.6 Å². The molecule has 4 heteroatoms. The first kappa shape index (κ1) is 12.7. The predicted octanol–water partition coefficient (Wildman–Crippen LogP) is 4.61. The van der Waals surface area contributed by atoms with Crippen LogP contribution in [0.2, 0.25) is 5.02 Å². The highest BCUT2D eigenvalue weighted by molar-refractivity contribution is 6.30. The molecule has 0 radical (unpaired) electrons. The fourth-order valence-corrected chi connectivity index (χ4v) is 3.13. The van der Waals surface area contributed by atoms with Crippen LogP contribution in [-0.2, 0) is 12.8 Å². The quantitative estimate of drug-likeness (QED) is 0.714. The molecule has 2 aromatic heterocycles. The fraction of sp³-hybridized carbons (Fsp3) is 0.235. The van der Waals surface area contributed by atoms with Gasteiger partial charge in [-0.3, -0.25) is 0 Å². The normalized spacial score (nSPS) is 14.3. The van der Waals surface area contributed by atoms with Crippen molar-refractivity contribution in [3.8, 4) is 11.3 Å². The topological polar surface area (TPSA) is 52.0 Å². The molecule has 0 spiro atoms. The van der Waals surface area contributed by atoms with E-state index < -0.39 is 0 Å². The van der Waals surface area contributed by atoms with Gasteiger partial charge in [-0.2, -0.15) is 0 Å². The third kappa shape index (κ3) is 2.09. The smallest absolute Gasteiger partial charge is 0.229 e. The van der Waals surface area contributed by atoms with Crippen LogP contribution in [0.15, 0.2) is 34.7 Å². The molecule has 0 atom stereocenters. The molecule has 0 saturated carbocycles. The summed E-state index contributed by atoms with van der Waals surface area (Å²) in [5.74, 6) is 0.781. The van der Waals surface area contributed by atoms with Crippen molar-refractivity contribution < 1.29 is 4.42 Å². The Bertz CT molecular complexity index is 821. The third-order valence-corrected chi connectivity index (χ3v) is 4.38. The van der Waals surface area contributed by atoms with Gasteiger partial charge >= 0.3 is 0 Å². The number of benzene rings is 1. The summed E-state index contributed by atoms with van der Waals surface area (Å²) in [5, 5.41) is 1.63. The van der Waals surface area contributed by atoms with Gasteiger partial charge in [-0.05, 0) is 61.6 Å². The van der Waals surface area contributed by atoms with Gasteiger partial charge in [0.15, 0.2) is 0 Å². The summed E-state index contributed by atoms with van der Waals surface area (Å²) < 4.78 is 5.91. The predicted molar refractivity (Wildman–Crippen MR) is 85.5 cm³/mol. The minimum Gasteiger partial charge on any atom is -0.438 e. The lowest BCUT2D eigenvalue weighted by molar-refractivity contribution is 0.608. The molecular weight excluding hydrogens is 284 g/mol. The molecule has 106 valence electrons. The van der Waals surface area contributed by atoms with Crippen molar-refractivity contribution in [2.75, 3.05) is 5.73 Å². The Labute approximate surface area is 127 Å². The average Bonchev–Trinajstić information content (AvgIpc) is 2.92. The van der Waals surface area contributed by atoms with E-state index in [4.69, 9.17) is 21.8 Å². The highest BCUT2D eigenvalue weighted by Gasteiger charge is 2.19. The number of aryl methyl sites for hydroxylation is 1. The van der Waals surface area contributed by atoms with Gasteiger partial charge < -0.3 is 10.2 Å². The Hall–Kier alpha value is -2.00. The van der Waals surface area contributed by atoms with E-state index >= 15 is 0 Å². The highest BCUT2D eigenvalue weighted by atomic mass is 35.5. The molecule has 0 unspecified atom stereocenters. The Kier molecular flexibility index (Phi) is 2.89. The van der Waals surface area contributed by atoms with Crippen molar-refractivity contribution in [1.82, 2.24) is 4.98 Å². The van der Waals surface area contributed by atoms with E-state index in [1.165, 1.54) is 18.4 Å². The van der Waals surface area contributed by atoms with Gasteiger partial charge in [0.25, 0.3) is 0 Å². The number of pyridine rings is 1. The SMILES string of the molecule is Nc1c2c(nc3oc(-c4ccc(Cl)cc4)cc13)CCCC2. The summed E-state index contributed by atoms with van der Waals surface area (Å²) in [7, 11) is 0. The maximum Gasteiger partial charge on any atom is 0.229 e. The molecule has 3 aromatic rings. The highest BCUT2D eigenvalue weighted by Crippen LogP contribution is 2.35. The van der Waals surface area contributed by atoms with Gasteiger partial charge in [0.1, 0.15) is 5.76 Å². The van der Waals surface area contributed by atoms with Crippen molar-refractivity contribution in [1.29, 1.82) is 0 Å². The number of anilines is 1. The zero-order valence-electron chi connectivity index (χ0n) is 11.5. The zero-order valence-corrected chi connectivity index (χ0v) is 12.3. The Balaban J connectivity index is 1.90. The monoisotopic (exact) mass is 298 g/mol. The molecule has 21 heavy (non-hydrogen) atoms. The molecule has 1 aliphatic rings. The first-order valence-electron chi connectivity index (χ1n) is 7.19. The Morgan fingerprint density at radius 1 is 1.10 bits per heavy atom. The van der Waals surface area contributed by atoms with Gasteiger partial charge in [-0.15, -0.1) is 0 Å². The molecule has 2 heterocycles. The van der Waals surface area contributed by atoms with Crippen molar-refractivity contribution >= 4 is 28.4 Å². The summed E-state index contributed by atoms with van der Waals surface area (Å²) in [4.78, 5) is 4.67. The lowest BCUT2D eigenvalue weighted by Gasteiger charge is -2.16. The van der Waals surface area contributed by atoms with Gasteiger partial charge in [0, 0.05) is 22.0 Å². The van der Waals surface area contributed by atoms with Crippen molar-refractivity contribution in [3.63, 3.8) is 0 Å². The van der Waals surface area contributed by atoms with Crippen LogP contribution in [0.3, 0.4) is 0 Å². The maximum absolute atomic E-state index is 6.33. The number of rotatable bonds is 1. The summed E-state index contributed by atoms with van der Waals surface area (Å²) in [6, 6.07) is 9.57. The number of nitrogen functional groups attached to an aromatic ring is 1. The van der Waals surface area contributed by atoms with E-state index in [1.54, 1.807) is 0 Å². The van der Waals surface area contributed by atoms with Crippen LogP contribution in [0.5, 0.6) is 0 Å². The van der Waals surface area contributed by atoms with E-state index in [-0.39, 0.29) is 0 Å². The van der Waals surface area contributed by atoms with E-state index in [2.05, 4.69) is 4.98 Å². The maximum atomic E-state index is 6.33. The van der Waals surface area contributed by atoms with Crippen LogP contribution in [0, 0.1) is 0 Å². The summed E-state index contributed by atoms with van der Waals surface area (Å²) in [5.41, 5.74) is 11.1. The summed E-state index contributed by atoms with van der Waals surface area (Å²) in [6.07, 6.45) is 4.37. The van der Waals surface area contributed by atoms with Crippen LogP contribution in [0.4, 0.5) is 5.69 Å². The van der Waals surface area contributed by atoms with Gasteiger partial charge in [0.2, 0.25) is 5.71 Å². The van der Waals surface area contributed by atoms with Crippen molar-refractivity contribution in [2.24, 2.45) is 0 Å². The van der Waals surface area contributed by atoms with E-state index in [0.717, 1.165) is 40.9 Å². The minimum atomic E-state index is 0.637. The molecule has 1 aromatic carbocycles. The largest absolute Gasteiger partial charge is 0.438 e. The summed E-state index contributed by atoms with van der Waals surface area (Å²) in [6.45, 7) is 0. The second-order valence-corrected chi connectivity index (χ2v) is 5.93. The number of hydrogen-bond donors (Lipinski definition) is 1. The molecule has 0 aliphatic heterocycles. The fourth-order valence-electron chi connectivity index (χ4n) is 3.00. The standard InChI is InChI=1S/C17H15ClN2O/c18-11-7-5-10(6-8-11)15-9-13-16(19)12-3-1-2-4-14(12)20-17(13)21-15/h5-9H,1-4H2,(H2,19,20). The van der Waals surface area contributed by atoms with E-state index in [9.17, 15) is 0 Å². The van der Waals surface area contributed by atoms with Gasteiger partial charge in [-0.25, -0.2) is 4.98 Å². The van der Waals surface area contributed by atoms with Crippen LogP contribution < -0.4 is 5.73 Å². The molecule has 0 saturated heterocycles. The molecule has 2 N–H and O–H groups in total. The molecule has 0 bridgehead atoms. The lowest BCUT2D eigenvalue weighted by Crippen LogP contribution is -2.08. The first-order valence-corrected chi connectivity index (χ1v) is 7.57. The third-order valence-electron chi connectivity index (χ3n) is 4.13. The summed E-state index contributed by atoms with van der Waals surface area (Å²) >= 11 is 5.93. The van der Waals surface area contributed by atoms with Crippen molar-refractivity contribution in [2.45, 2.75) is 25.7 Å². The minimum absolute atomic E-state index is 0.637. The van der Waals surface area contributed by atoms with Crippen LogP contribution in [-0.4, -0.2) is 4.98 Å². The Morgan fingerprint density at radius 3 is 2.67 bits per heavy atom.